The maximum atomic E-state index is 12.6. The maximum absolute atomic E-state index is 12.6. The molecule has 0 aliphatic heterocycles. The number of hydrogen-bond donors (Lipinski definition) is 3. The number of methoxy groups -OCH3 is 1. The van der Waals surface area contributed by atoms with Gasteiger partial charge in [-0.1, -0.05) is 18.2 Å². The lowest BCUT2D eigenvalue weighted by molar-refractivity contribution is -0.907. The van der Waals surface area contributed by atoms with Crippen molar-refractivity contribution in [1.29, 1.82) is 0 Å². The lowest BCUT2D eigenvalue weighted by Crippen LogP contribution is -3.12. The van der Waals surface area contributed by atoms with Crippen LogP contribution in [-0.4, -0.2) is 32.0 Å². The molecule has 0 bridgehead atoms. The summed E-state index contributed by atoms with van der Waals surface area (Å²) in [6, 6.07) is 18.6. The van der Waals surface area contributed by atoms with Crippen LogP contribution in [0.1, 0.15) is 22.8 Å². The highest BCUT2D eigenvalue weighted by molar-refractivity contribution is 5.96. The highest BCUT2D eigenvalue weighted by Gasteiger charge is 2.22. The van der Waals surface area contributed by atoms with Gasteiger partial charge in [-0.05, 0) is 60.2 Å². The van der Waals surface area contributed by atoms with Crippen LogP contribution in [0.2, 0.25) is 0 Å². The van der Waals surface area contributed by atoms with Gasteiger partial charge in [-0.15, -0.1) is 0 Å². The number of carbonyl (C=O) groups excluding carboxylic acids is 2. The van der Waals surface area contributed by atoms with Crippen molar-refractivity contribution < 1.29 is 19.2 Å². The van der Waals surface area contributed by atoms with Crippen LogP contribution < -0.4 is 20.7 Å². The third kappa shape index (κ3) is 4.92. The summed E-state index contributed by atoms with van der Waals surface area (Å²) in [5, 5.41) is 5.15. The van der Waals surface area contributed by atoms with Crippen molar-refractivity contribution in [2.75, 3.05) is 19.5 Å². The molecule has 0 radical (unpaired) electrons. The highest BCUT2D eigenvalue weighted by atomic mass is 16.5. The molecule has 2 atom stereocenters. The van der Waals surface area contributed by atoms with Crippen LogP contribution in [0.4, 0.5) is 5.69 Å². The highest BCUT2D eigenvalue weighted by Crippen LogP contribution is 2.21. The SMILES string of the molecule is COc1ccc2cc(C[NH+](C)[C@@H](C)C(=O)Nc3ccc(C(N)=O)cc3)ccc2c1. The van der Waals surface area contributed by atoms with E-state index in [-0.39, 0.29) is 11.9 Å². The minimum atomic E-state index is -0.491. The molecule has 0 aliphatic carbocycles. The first kappa shape index (κ1) is 20.4. The first-order valence-electron chi connectivity index (χ1n) is 9.47. The molecule has 29 heavy (non-hydrogen) atoms. The molecule has 4 N–H and O–H groups in total. The Labute approximate surface area is 170 Å². The van der Waals surface area contributed by atoms with E-state index < -0.39 is 5.91 Å². The molecule has 0 fully saturated rings. The van der Waals surface area contributed by atoms with Gasteiger partial charge in [0.15, 0.2) is 6.04 Å². The smallest absolute Gasteiger partial charge is 0.282 e. The molecule has 3 aromatic rings. The zero-order valence-electron chi connectivity index (χ0n) is 16.9. The Bertz CT molecular complexity index is 1030. The first-order chi connectivity index (χ1) is 13.9. The normalized spacial score (nSPS) is 12.9. The van der Waals surface area contributed by atoms with Crippen LogP contribution in [-0.2, 0) is 11.3 Å². The molecule has 0 aliphatic rings. The zero-order valence-corrected chi connectivity index (χ0v) is 16.9. The predicted molar refractivity (Wildman–Crippen MR) is 114 cm³/mol. The molecule has 0 spiro atoms. The third-order valence-corrected chi connectivity index (χ3v) is 5.16. The third-order valence-electron chi connectivity index (χ3n) is 5.16. The summed E-state index contributed by atoms with van der Waals surface area (Å²) >= 11 is 0. The molecular formula is C23H26N3O3+. The predicted octanol–water partition coefficient (Wildman–Crippen LogP) is 1.99. The fourth-order valence-electron chi connectivity index (χ4n) is 3.18. The van der Waals surface area contributed by atoms with E-state index in [2.05, 4.69) is 23.5 Å². The monoisotopic (exact) mass is 392 g/mol. The van der Waals surface area contributed by atoms with Crippen molar-refractivity contribution in [3.05, 3.63) is 71.8 Å². The summed E-state index contributed by atoms with van der Waals surface area (Å²) in [4.78, 5) is 24.8. The van der Waals surface area contributed by atoms with E-state index in [4.69, 9.17) is 10.5 Å². The Morgan fingerprint density at radius 1 is 1.03 bits per heavy atom. The van der Waals surface area contributed by atoms with Crippen LogP contribution in [0.5, 0.6) is 5.75 Å². The van der Waals surface area contributed by atoms with Gasteiger partial charge in [0.1, 0.15) is 12.3 Å². The van der Waals surface area contributed by atoms with Crippen LogP contribution in [0.3, 0.4) is 0 Å². The van der Waals surface area contributed by atoms with Gasteiger partial charge in [0.2, 0.25) is 5.91 Å². The number of primary amides is 1. The zero-order chi connectivity index (χ0) is 21.0. The van der Waals surface area contributed by atoms with E-state index >= 15 is 0 Å². The van der Waals surface area contributed by atoms with Crippen molar-refractivity contribution in [2.24, 2.45) is 5.73 Å². The summed E-state index contributed by atoms with van der Waals surface area (Å²) in [5.41, 5.74) is 7.45. The Hall–Kier alpha value is -3.38. The van der Waals surface area contributed by atoms with E-state index in [1.165, 1.54) is 0 Å². The van der Waals surface area contributed by atoms with Gasteiger partial charge < -0.3 is 20.7 Å². The number of nitrogens with one attached hydrogen (secondary N) is 2. The maximum Gasteiger partial charge on any atom is 0.282 e. The number of anilines is 1. The van der Waals surface area contributed by atoms with Gasteiger partial charge in [-0.2, -0.15) is 0 Å². The summed E-state index contributed by atoms with van der Waals surface area (Å²) in [5.74, 6) is 0.260. The van der Waals surface area contributed by atoms with Crippen molar-refractivity contribution >= 4 is 28.3 Å². The molecule has 0 saturated carbocycles. The van der Waals surface area contributed by atoms with E-state index in [1.54, 1.807) is 31.4 Å². The molecule has 0 aromatic heterocycles. The summed E-state index contributed by atoms with van der Waals surface area (Å²) in [7, 11) is 3.66. The fraction of sp³-hybridized carbons (Fsp3) is 0.217. The minimum absolute atomic E-state index is 0.0835. The quantitative estimate of drug-likeness (QED) is 0.575. The van der Waals surface area contributed by atoms with Gasteiger partial charge in [0.25, 0.3) is 5.91 Å². The standard InChI is InChI=1S/C23H25N3O3/c1-15(23(28)25-20-9-6-17(7-10-20)22(24)27)26(2)14-16-4-5-19-13-21(29-3)11-8-18(19)12-16/h4-13,15H,14H2,1-3H3,(H2,24,27)(H,25,28)/p+1/t15-/m0/s1. The van der Waals surface area contributed by atoms with Gasteiger partial charge >= 0.3 is 0 Å². The van der Waals surface area contributed by atoms with E-state index in [0.29, 0.717) is 11.3 Å². The number of quaternary nitrogens is 1. The number of benzene rings is 3. The van der Waals surface area contributed by atoms with Crippen LogP contribution in [0, 0.1) is 0 Å². The number of rotatable bonds is 7. The lowest BCUT2D eigenvalue weighted by atomic mass is 10.1. The van der Waals surface area contributed by atoms with Gasteiger partial charge in [-0.25, -0.2) is 0 Å². The fourth-order valence-corrected chi connectivity index (χ4v) is 3.18. The van der Waals surface area contributed by atoms with E-state index in [0.717, 1.165) is 33.5 Å². The molecule has 6 heteroatoms. The average molecular weight is 392 g/mol. The number of likely N-dealkylation sites (N-methyl/N-ethyl adjacent to an activating group) is 1. The van der Waals surface area contributed by atoms with Crippen LogP contribution in [0.15, 0.2) is 60.7 Å². The Morgan fingerprint density at radius 2 is 1.69 bits per heavy atom. The van der Waals surface area contributed by atoms with Gasteiger partial charge in [0.05, 0.1) is 14.2 Å². The average Bonchev–Trinajstić information content (AvgIpc) is 2.73. The first-order valence-corrected chi connectivity index (χ1v) is 9.47. The van der Waals surface area contributed by atoms with Gasteiger partial charge in [0, 0.05) is 16.8 Å². The van der Waals surface area contributed by atoms with Crippen molar-refractivity contribution in [2.45, 2.75) is 19.5 Å². The van der Waals surface area contributed by atoms with E-state index in [9.17, 15) is 9.59 Å². The lowest BCUT2D eigenvalue weighted by Gasteiger charge is -2.21. The number of hydrogen-bond acceptors (Lipinski definition) is 3. The molecule has 0 heterocycles. The number of carbonyl (C=O) groups is 2. The number of ether oxygens (including phenoxy) is 1. The Balaban J connectivity index is 1.64. The van der Waals surface area contributed by atoms with Crippen LogP contribution in [0.25, 0.3) is 10.8 Å². The molecule has 6 nitrogen and oxygen atoms in total. The summed E-state index contributed by atoms with van der Waals surface area (Å²) in [6.45, 7) is 2.62. The van der Waals surface area contributed by atoms with E-state index in [1.807, 2.05) is 32.2 Å². The summed E-state index contributed by atoms with van der Waals surface area (Å²) in [6.07, 6.45) is 0. The topological polar surface area (TPSA) is 85.9 Å². The number of fused-ring (bicyclic) bond motifs is 1. The molecular weight excluding hydrogens is 366 g/mol. The summed E-state index contributed by atoms with van der Waals surface area (Å²) < 4.78 is 5.27. The number of amides is 2. The minimum Gasteiger partial charge on any atom is -0.497 e. The molecule has 1 unspecified atom stereocenters. The molecule has 2 amide bonds. The molecule has 3 aromatic carbocycles. The number of nitrogens with two attached hydrogens (primary N) is 1. The van der Waals surface area contributed by atoms with Crippen LogP contribution >= 0.6 is 0 Å². The molecule has 3 rings (SSSR count). The second kappa shape index (κ2) is 8.75. The molecule has 0 saturated heterocycles. The Kier molecular flexibility index (Phi) is 6.14. The molecule has 150 valence electrons. The Morgan fingerprint density at radius 3 is 2.34 bits per heavy atom. The van der Waals surface area contributed by atoms with Gasteiger partial charge in [-0.3, -0.25) is 9.59 Å². The second-order valence-corrected chi connectivity index (χ2v) is 7.22. The van der Waals surface area contributed by atoms with Crippen molar-refractivity contribution in [1.82, 2.24) is 0 Å². The largest absolute Gasteiger partial charge is 0.497 e. The second-order valence-electron chi connectivity index (χ2n) is 7.22. The van der Waals surface area contributed by atoms with Crippen molar-refractivity contribution in [3.63, 3.8) is 0 Å². The van der Waals surface area contributed by atoms with Crippen molar-refractivity contribution in [3.8, 4) is 5.75 Å².